The zero-order valence-corrected chi connectivity index (χ0v) is 20.2. The van der Waals surface area contributed by atoms with Gasteiger partial charge in [0.25, 0.3) is 0 Å². The summed E-state index contributed by atoms with van der Waals surface area (Å²) in [7, 11) is 0. The lowest BCUT2D eigenvalue weighted by molar-refractivity contribution is 0.100. The molecule has 0 radical (unpaired) electrons. The number of hydrogen-bond acceptors (Lipinski definition) is 6. The van der Waals surface area contributed by atoms with Crippen molar-refractivity contribution in [1.82, 2.24) is 4.90 Å². The van der Waals surface area contributed by atoms with Crippen LogP contribution in [0, 0.1) is 0 Å². The van der Waals surface area contributed by atoms with Crippen LogP contribution in [0.5, 0.6) is 23.0 Å². The number of thiophene rings is 1. The fourth-order valence-electron chi connectivity index (χ4n) is 4.34. The maximum atomic E-state index is 11.5. The number of primary amides is 1. The maximum Gasteiger partial charge on any atom is 0.248 e. The van der Waals surface area contributed by atoms with Crippen LogP contribution in [0.3, 0.4) is 0 Å². The third-order valence-corrected chi connectivity index (χ3v) is 7.41. The van der Waals surface area contributed by atoms with Gasteiger partial charge in [-0.3, -0.25) is 9.69 Å². The van der Waals surface area contributed by atoms with E-state index in [0.717, 1.165) is 45.9 Å². The molecule has 4 aromatic rings. The molecule has 0 aliphatic carbocycles. The molecule has 1 fully saturated rings. The number of benzene rings is 3. The second-order valence-electron chi connectivity index (χ2n) is 8.71. The van der Waals surface area contributed by atoms with Gasteiger partial charge in [0.15, 0.2) is 5.75 Å². The van der Waals surface area contributed by atoms with E-state index in [9.17, 15) is 9.90 Å². The summed E-state index contributed by atoms with van der Waals surface area (Å²) >= 11 is 1.52. The van der Waals surface area contributed by atoms with Gasteiger partial charge in [0.2, 0.25) is 5.91 Å². The van der Waals surface area contributed by atoms with Crippen molar-refractivity contribution in [1.29, 1.82) is 0 Å². The molecule has 0 atom stereocenters. The summed E-state index contributed by atoms with van der Waals surface area (Å²) < 4.78 is 13.2. The van der Waals surface area contributed by atoms with Crippen LogP contribution in [0.4, 0.5) is 0 Å². The van der Waals surface area contributed by atoms with Gasteiger partial charge in [-0.05, 0) is 86.1 Å². The van der Waals surface area contributed by atoms with Gasteiger partial charge in [0.1, 0.15) is 23.9 Å². The summed E-state index contributed by atoms with van der Waals surface area (Å²) in [6, 6.07) is 20.0. The van der Waals surface area contributed by atoms with Crippen molar-refractivity contribution in [3.05, 3.63) is 72.3 Å². The minimum Gasteiger partial charge on any atom is -0.508 e. The van der Waals surface area contributed by atoms with Gasteiger partial charge < -0.3 is 20.3 Å². The van der Waals surface area contributed by atoms with E-state index < -0.39 is 5.91 Å². The standard InChI is InChI=1S/C28H28N2O4S/c29-28(32)20-6-4-19(5-7-20)27-26(24-13-8-21(31)18-25(24)35-27)34-23-11-9-22(10-12-23)33-17-16-30-14-2-1-3-15-30/h4-13,18,31H,1-3,14-17H2,(H2,29,32). The summed E-state index contributed by atoms with van der Waals surface area (Å²) in [6.07, 6.45) is 3.89. The highest BCUT2D eigenvalue weighted by Crippen LogP contribution is 2.47. The van der Waals surface area contributed by atoms with Gasteiger partial charge in [0.05, 0.1) is 4.88 Å². The fraction of sp³-hybridized carbons (Fsp3) is 0.250. The first kappa shape index (κ1) is 23.2. The van der Waals surface area contributed by atoms with Crippen LogP contribution in [-0.2, 0) is 0 Å². The number of carbonyl (C=O) groups excluding carboxylic acids is 1. The van der Waals surface area contributed by atoms with Gasteiger partial charge in [-0.25, -0.2) is 0 Å². The molecule has 1 saturated heterocycles. The van der Waals surface area contributed by atoms with Crippen molar-refractivity contribution in [3.63, 3.8) is 0 Å². The van der Waals surface area contributed by atoms with E-state index in [0.29, 0.717) is 23.7 Å². The lowest BCUT2D eigenvalue weighted by Crippen LogP contribution is -2.33. The monoisotopic (exact) mass is 488 g/mol. The molecule has 35 heavy (non-hydrogen) atoms. The lowest BCUT2D eigenvalue weighted by Gasteiger charge is -2.26. The summed E-state index contributed by atoms with van der Waals surface area (Å²) in [4.78, 5) is 14.8. The van der Waals surface area contributed by atoms with E-state index in [2.05, 4.69) is 4.90 Å². The molecule has 0 spiro atoms. The Labute approximate surface area is 208 Å². The molecule has 7 heteroatoms. The summed E-state index contributed by atoms with van der Waals surface area (Å²) in [5.41, 5.74) is 6.75. The van der Waals surface area contributed by atoms with E-state index in [-0.39, 0.29) is 5.75 Å². The van der Waals surface area contributed by atoms with Crippen molar-refractivity contribution in [3.8, 4) is 33.4 Å². The molecule has 0 saturated carbocycles. The Bertz CT molecular complexity index is 1310. The van der Waals surface area contributed by atoms with Crippen molar-refractivity contribution in [2.24, 2.45) is 5.73 Å². The Balaban J connectivity index is 1.35. The third-order valence-electron chi connectivity index (χ3n) is 6.23. The number of fused-ring (bicyclic) bond motifs is 1. The number of hydrogen-bond donors (Lipinski definition) is 2. The van der Waals surface area contributed by atoms with Gasteiger partial charge in [0, 0.05) is 22.2 Å². The number of likely N-dealkylation sites (tertiary alicyclic amines) is 1. The second kappa shape index (κ2) is 10.4. The minimum atomic E-state index is -0.465. The maximum absolute atomic E-state index is 11.5. The molecule has 3 aromatic carbocycles. The van der Waals surface area contributed by atoms with Crippen LogP contribution in [0.1, 0.15) is 29.6 Å². The predicted octanol–water partition coefficient (Wildman–Crippen LogP) is 6.03. The first-order chi connectivity index (χ1) is 17.1. The number of piperidine rings is 1. The smallest absolute Gasteiger partial charge is 0.248 e. The lowest BCUT2D eigenvalue weighted by atomic mass is 10.1. The molecule has 1 aromatic heterocycles. The fourth-order valence-corrected chi connectivity index (χ4v) is 5.50. The number of carbonyl (C=O) groups is 1. The normalized spacial score (nSPS) is 14.2. The van der Waals surface area contributed by atoms with Crippen LogP contribution in [-0.4, -0.2) is 42.2 Å². The number of nitrogens with zero attached hydrogens (tertiary/aromatic N) is 1. The van der Waals surface area contributed by atoms with Crippen LogP contribution in [0.2, 0.25) is 0 Å². The van der Waals surface area contributed by atoms with Crippen LogP contribution >= 0.6 is 11.3 Å². The van der Waals surface area contributed by atoms with Gasteiger partial charge in [-0.15, -0.1) is 11.3 Å². The van der Waals surface area contributed by atoms with E-state index in [1.807, 2.05) is 42.5 Å². The molecule has 0 unspecified atom stereocenters. The Kier molecular flexibility index (Phi) is 6.88. The Hall–Kier alpha value is -3.55. The number of nitrogens with two attached hydrogens (primary N) is 1. The van der Waals surface area contributed by atoms with Crippen LogP contribution in [0.25, 0.3) is 20.5 Å². The van der Waals surface area contributed by atoms with Crippen molar-refractivity contribution in [2.45, 2.75) is 19.3 Å². The van der Waals surface area contributed by atoms with Crippen molar-refractivity contribution in [2.75, 3.05) is 26.2 Å². The van der Waals surface area contributed by atoms with E-state index in [1.54, 1.807) is 24.3 Å². The summed E-state index contributed by atoms with van der Waals surface area (Å²) in [5, 5.41) is 10.9. The number of phenolic OH excluding ortho intramolecular Hbond substituents is 1. The number of phenols is 1. The third kappa shape index (κ3) is 5.42. The van der Waals surface area contributed by atoms with Crippen LogP contribution < -0.4 is 15.2 Å². The molecule has 3 N–H and O–H groups in total. The van der Waals surface area contributed by atoms with E-state index >= 15 is 0 Å². The van der Waals surface area contributed by atoms with E-state index in [4.69, 9.17) is 15.2 Å². The van der Waals surface area contributed by atoms with Crippen molar-refractivity contribution < 1.29 is 19.4 Å². The highest BCUT2D eigenvalue weighted by atomic mass is 32.1. The summed E-state index contributed by atoms with van der Waals surface area (Å²) in [5.74, 6) is 1.95. The predicted molar refractivity (Wildman–Crippen MR) is 140 cm³/mol. The number of rotatable bonds is 8. The molecule has 5 rings (SSSR count). The van der Waals surface area contributed by atoms with Gasteiger partial charge in [-0.2, -0.15) is 0 Å². The van der Waals surface area contributed by atoms with Gasteiger partial charge in [-0.1, -0.05) is 18.6 Å². The molecule has 2 heterocycles. The first-order valence-corrected chi connectivity index (χ1v) is 12.7. The minimum absolute atomic E-state index is 0.201. The zero-order valence-electron chi connectivity index (χ0n) is 19.4. The number of aromatic hydroxyl groups is 1. The highest BCUT2D eigenvalue weighted by molar-refractivity contribution is 7.22. The average molecular weight is 489 g/mol. The molecule has 1 aliphatic rings. The highest BCUT2D eigenvalue weighted by Gasteiger charge is 2.17. The van der Waals surface area contributed by atoms with Crippen molar-refractivity contribution >= 4 is 27.3 Å². The molecule has 0 bridgehead atoms. The molecule has 6 nitrogen and oxygen atoms in total. The second-order valence-corrected chi connectivity index (χ2v) is 9.76. The molecular formula is C28H28N2O4S. The Morgan fingerprint density at radius 3 is 2.37 bits per heavy atom. The number of ether oxygens (including phenoxy) is 2. The average Bonchev–Trinajstić information content (AvgIpc) is 3.23. The molecule has 1 aliphatic heterocycles. The van der Waals surface area contributed by atoms with Crippen LogP contribution in [0.15, 0.2) is 66.7 Å². The largest absolute Gasteiger partial charge is 0.508 e. The molecular weight excluding hydrogens is 460 g/mol. The molecule has 1 amide bonds. The quantitative estimate of drug-likeness (QED) is 0.316. The van der Waals surface area contributed by atoms with E-state index in [1.165, 1.54) is 30.6 Å². The number of amides is 1. The first-order valence-electron chi connectivity index (χ1n) is 11.9. The zero-order chi connectivity index (χ0) is 24.2. The van der Waals surface area contributed by atoms with Gasteiger partial charge >= 0.3 is 0 Å². The Morgan fingerprint density at radius 1 is 0.943 bits per heavy atom. The topological polar surface area (TPSA) is 85.0 Å². The molecule has 180 valence electrons. The summed E-state index contributed by atoms with van der Waals surface area (Å²) in [6.45, 7) is 3.94. The SMILES string of the molecule is NC(=O)c1ccc(-c2sc3cc(O)ccc3c2Oc2ccc(OCCN3CCCCC3)cc2)cc1. The Morgan fingerprint density at radius 2 is 1.66 bits per heavy atom.